The second-order valence-electron chi connectivity index (χ2n) is 3.81. The first kappa shape index (κ1) is 8.82. The fourth-order valence-electron chi connectivity index (χ4n) is 1.97. The lowest BCUT2D eigenvalue weighted by Gasteiger charge is -2.21. The minimum Gasteiger partial charge on any atom is -0.469 e. The van der Waals surface area contributed by atoms with Gasteiger partial charge in [0.2, 0.25) is 0 Å². The number of nitrogens with one attached hydrogen (secondary N) is 1. The monoisotopic (exact) mass is 179 g/mol. The van der Waals surface area contributed by atoms with E-state index in [1.807, 2.05) is 6.07 Å². The van der Waals surface area contributed by atoms with Crippen LogP contribution in [-0.4, -0.2) is 13.1 Å². The van der Waals surface area contributed by atoms with E-state index < -0.39 is 0 Å². The second-order valence-corrected chi connectivity index (χ2v) is 3.81. The molecular weight excluding hydrogens is 162 g/mol. The number of piperidine rings is 1. The molecule has 1 fully saturated rings. The predicted octanol–water partition coefficient (Wildman–Crippen LogP) is 2.21. The van der Waals surface area contributed by atoms with Crippen LogP contribution in [0.25, 0.3) is 0 Å². The largest absolute Gasteiger partial charge is 0.469 e. The summed E-state index contributed by atoms with van der Waals surface area (Å²) in [6.45, 7) is 2.39. The van der Waals surface area contributed by atoms with Gasteiger partial charge in [-0.3, -0.25) is 0 Å². The lowest BCUT2D eigenvalue weighted by molar-refractivity contribution is 0.344. The molecule has 1 saturated heterocycles. The van der Waals surface area contributed by atoms with Crippen LogP contribution in [-0.2, 0) is 6.42 Å². The van der Waals surface area contributed by atoms with Crippen molar-refractivity contribution in [2.75, 3.05) is 13.1 Å². The molecule has 2 heterocycles. The zero-order chi connectivity index (χ0) is 8.93. The number of furan rings is 1. The van der Waals surface area contributed by atoms with Crippen molar-refractivity contribution in [3.63, 3.8) is 0 Å². The van der Waals surface area contributed by atoms with E-state index in [4.69, 9.17) is 4.42 Å². The average molecular weight is 179 g/mol. The van der Waals surface area contributed by atoms with Gasteiger partial charge in [0.25, 0.3) is 0 Å². The highest BCUT2D eigenvalue weighted by Crippen LogP contribution is 2.18. The topological polar surface area (TPSA) is 25.2 Å². The minimum atomic E-state index is 0.909. The summed E-state index contributed by atoms with van der Waals surface area (Å²) in [5.74, 6) is 2.05. The van der Waals surface area contributed by atoms with Gasteiger partial charge in [-0.05, 0) is 50.4 Å². The standard InChI is InChI=1S/C11H17NO/c1-2-11(13-9-1)4-3-10-5-7-12-8-6-10/h1-2,9-10,12H,3-8H2. The molecule has 0 atom stereocenters. The molecular formula is C11H17NO. The van der Waals surface area contributed by atoms with Gasteiger partial charge in [-0.1, -0.05) is 0 Å². The molecule has 1 aromatic heterocycles. The van der Waals surface area contributed by atoms with Gasteiger partial charge < -0.3 is 9.73 Å². The van der Waals surface area contributed by atoms with Gasteiger partial charge in [0.05, 0.1) is 6.26 Å². The first-order chi connectivity index (χ1) is 6.45. The Bertz CT molecular complexity index is 224. The summed E-state index contributed by atoms with van der Waals surface area (Å²) in [6.07, 6.45) is 6.83. The molecule has 13 heavy (non-hydrogen) atoms. The summed E-state index contributed by atoms with van der Waals surface area (Å²) >= 11 is 0. The Morgan fingerprint density at radius 1 is 1.38 bits per heavy atom. The Morgan fingerprint density at radius 3 is 2.92 bits per heavy atom. The molecule has 0 unspecified atom stereocenters. The first-order valence-electron chi connectivity index (χ1n) is 5.18. The van der Waals surface area contributed by atoms with Crippen LogP contribution in [0.5, 0.6) is 0 Å². The van der Waals surface area contributed by atoms with E-state index in [9.17, 15) is 0 Å². The van der Waals surface area contributed by atoms with E-state index in [2.05, 4.69) is 11.4 Å². The molecule has 1 aliphatic heterocycles. The second kappa shape index (κ2) is 4.47. The summed E-state index contributed by atoms with van der Waals surface area (Å²) in [5, 5.41) is 3.38. The lowest BCUT2D eigenvalue weighted by atomic mass is 9.93. The van der Waals surface area contributed by atoms with E-state index in [0.717, 1.165) is 18.1 Å². The SMILES string of the molecule is c1coc(CCC2CCNCC2)c1. The molecule has 0 amide bonds. The first-order valence-corrected chi connectivity index (χ1v) is 5.18. The van der Waals surface area contributed by atoms with Crippen LogP contribution >= 0.6 is 0 Å². The number of rotatable bonds is 3. The van der Waals surface area contributed by atoms with Crippen molar-refractivity contribution < 1.29 is 4.42 Å². The highest BCUT2D eigenvalue weighted by atomic mass is 16.3. The van der Waals surface area contributed by atoms with Crippen molar-refractivity contribution in [1.29, 1.82) is 0 Å². The Kier molecular flexibility index (Phi) is 3.03. The van der Waals surface area contributed by atoms with E-state index in [1.165, 1.54) is 32.4 Å². The Balaban J connectivity index is 1.72. The zero-order valence-corrected chi connectivity index (χ0v) is 7.96. The van der Waals surface area contributed by atoms with Crippen molar-refractivity contribution in [2.24, 2.45) is 5.92 Å². The van der Waals surface area contributed by atoms with Gasteiger partial charge in [-0.15, -0.1) is 0 Å². The fourth-order valence-corrected chi connectivity index (χ4v) is 1.97. The highest BCUT2D eigenvalue weighted by Gasteiger charge is 2.12. The Labute approximate surface area is 79.3 Å². The summed E-state index contributed by atoms with van der Waals surface area (Å²) in [7, 11) is 0. The maximum atomic E-state index is 5.31. The molecule has 0 bridgehead atoms. The van der Waals surface area contributed by atoms with Gasteiger partial charge in [0, 0.05) is 6.42 Å². The fraction of sp³-hybridized carbons (Fsp3) is 0.636. The van der Waals surface area contributed by atoms with Gasteiger partial charge in [0.15, 0.2) is 0 Å². The molecule has 0 aliphatic carbocycles. The highest BCUT2D eigenvalue weighted by molar-refractivity contribution is 4.98. The average Bonchev–Trinajstić information content (AvgIpc) is 2.69. The molecule has 0 radical (unpaired) electrons. The van der Waals surface area contributed by atoms with Gasteiger partial charge in [-0.2, -0.15) is 0 Å². The third-order valence-corrected chi connectivity index (χ3v) is 2.84. The lowest BCUT2D eigenvalue weighted by Crippen LogP contribution is -2.27. The predicted molar refractivity (Wildman–Crippen MR) is 52.6 cm³/mol. The maximum Gasteiger partial charge on any atom is 0.103 e. The van der Waals surface area contributed by atoms with Crippen LogP contribution in [0.15, 0.2) is 22.8 Å². The minimum absolute atomic E-state index is 0.909. The summed E-state index contributed by atoms with van der Waals surface area (Å²) in [4.78, 5) is 0. The van der Waals surface area contributed by atoms with Crippen LogP contribution in [0.2, 0.25) is 0 Å². The summed E-state index contributed by atoms with van der Waals surface area (Å²) in [5.41, 5.74) is 0. The molecule has 0 spiro atoms. The van der Waals surface area contributed by atoms with Crippen LogP contribution in [0.4, 0.5) is 0 Å². The number of hydrogen-bond donors (Lipinski definition) is 1. The third kappa shape index (κ3) is 2.59. The van der Waals surface area contributed by atoms with Gasteiger partial charge >= 0.3 is 0 Å². The summed E-state index contributed by atoms with van der Waals surface area (Å²) < 4.78 is 5.31. The third-order valence-electron chi connectivity index (χ3n) is 2.84. The van der Waals surface area contributed by atoms with E-state index in [1.54, 1.807) is 6.26 Å². The Hall–Kier alpha value is -0.760. The Morgan fingerprint density at radius 2 is 2.23 bits per heavy atom. The normalized spacial score (nSPS) is 19.1. The number of aryl methyl sites for hydroxylation is 1. The molecule has 0 saturated carbocycles. The molecule has 1 aliphatic rings. The molecule has 0 aromatic carbocycles. The molecule has 2 heteroatoms. The van der Waals surface area contributed by atoms with Crippen molar-refractivity contribution >= 4 is 0 Å². The summed E-state index contributed by atoms with van der Waals surface area (Å²) in [6, 6.07) is 4.04. The van der Waals surface area contributed by atoms with Crippen molar-refractivity contribution in [3.05, 3.63) is 24.2 Å². The van der Waals surface area contributed by atoms with Gasteiger partial charge in [-0.25, -0.2) is 0 Å². The van der Waals surface area contributed by atoms with E-state index in [-0.39, 0.29) is 0 Å². The van der Waals surface area contributed by atoms with Crippen LogP contribution in [0.3, 0.4) is 0 Å². The van der Waals surface area contributed by atoms with Crippen molar-refractivity contribution in [3.8, 4) is 0 Å². The van der Waals surface area contributed by atoms with E-state index >= 15 is 0 Å². The molecule has 1 aromatic rings. The zero-order valence-electron chi connectivity index (χ0n) is 7.96. The molecule has 1 N–H and O–H groups in total. The maximum absolute atomic E-state index is 5.31. The smallest absolute Gasteiger partial charge is 0.103 e. The van der Waals surface area contributed by atoms with Gasteiger partial charge in [0.1, 0.15) is 5.76 Å². The van der Waals surface area contributed by atoms with Crippen molar-refractivity contribution in [1.82, 2.24) is 5.32 Å². The van der Waals surface area contributed by atoms with Crippen LogP contribution < -0.4 is 5.32 Å². The molecule has 72 valence electrons. The van der Waals surface area contributed by atoms with E-state index in [0.29, 0.717) is 0 Å². The number of hydrogen-bond acceptors (Lipinski definition) is 2. The molecule has 2 rings (SSSR count). The van der Waals surface area contributed by atoms with Crippen LogP contribution in [0, 0.1) is 5.92 Å². The van der Waals surface area contributed by atoms with Crippen molar-refractivity contribution in [2.45, 2.75) is 25.7 Å². The molecule has 2 nitrogen and oxygen atoms in total. The van der Waals surface area contributed by atoms with Crippen LogP contribution in [0.1, 0.15) is 25.0 Å². The quantitative estimate of drug-likeness (QED) is 0.769.